The van der Waals surface area contributed by atoms with E-state index in [0.717, 1.165) is 12.5 Å². The third-order valence-electron chi connectivity index (χ3n) is 4.24. The van der Waals surface area contributed by atoms with Gasteiger partial charge in [0.25, 0.3) is 0 Å². The lowest BCUT2D eigenvalue weighted by Gasteiger charge is -2.25. The van der Waals surface area contributed by atoms with Crippen LogP contribution in [0.1, 0.15) is 38.7 Å². The fraction of sp³-hybridized carbons (Fsp3) is 0.625. The maximum absolute atomic E-state index is 13.8. The van der Waals surface area contributed by atoms with Crippen LogP contribution in [0.4, 0.5) is 8.78 Å². The first kappa shape index (κ1) is 14.4. The molecule has 2 rings (SSSR count). The van der Waals surface area contributed by atoms with Gasteiger partial charge in [-0.05, 0) is 49.3 Å². The van der Waals surface area contributed by atoms with Crippen LogP contribution in [0.2, 0.25) is 0 Å². The molecule has 1 aliphatic rings. The summed E-state index contributed by atoms with van der Waals surface area (Å²) in [6, 6.07) is 4.72. The van der Waals surface area contributed by atoms with Crippen molar-refractivity contribution in [1.82, 2.24) is 5.32 Å². The second-order valence-corrected chi connectivity index (χ2v) is 5.76. The fourth-order valence-electron chi connectivity index (χ4n) is 3.23. The zero-order valence-corrected chi connectivity index (χ0v) is 11.8. The first-order chi connectivity index (χ1) is 9.11. The van der Waals surface area contributed by atoms with Crippen molar-refractivity contribution in [3.05, 3.63) is 35.4 Å². The number of halogens is 2. The van der Waals surface area contributed by atoms with E-state index >= 15 is 0 Å². The van der Waals surface area contributed by atoms with Crippen LogP contribution in [0, 0.1) is 23.5 Å². The molecule has 1 aromatic rings. The van der Waals surface area contributed by atoms with E-state index in [2.05, 4.69) is 19.2 Å². The van der Waals surface area contributed by atoms with E-state index in [1.807, 2.05) is 0 Å². The van der Waals surface area contributed by atoms with Gasteiger partial charge in [-0.2, -0.15) is 0 Å². The lowest BCUT2D eigenvalue weighted by atomic mass is 9.91. The molecule has 1 fully saturated rings. The third kappa shape index (κ3) is 3.53. The van der Waals surface area contributed by atoms with Crippen LogP contribution in [0.5, 0.6) is 0 Å². The predicted molar refractivity (Wildman–Crippen MR) is 74.0 cm³/mol. The Bertz CT molecular complexity index is 419. The van der Waals surface area contributed by atoms with Gasteiger partial charge in [0, 0.05) is 6.04 Å². The van der Waals surface area contributed by atoms with Gasteiger partial charge in [-0.3, -0.25) is 0 Å². The average Bonchev–Trinajstić information content (AvgIpc) is 2.81. The molecule has 0 radical (unpaired) electrons. The summed E-state index contributed by atoms with van der Waals surface area (Å²) >= 11 is 0. The lowest BCUT2D eigenvalue weighted by Crippen LogP contribution is -2.37. The molecule has 3 unspecified atom stereocenters. The van der Waals surface area contributed by atoms with Crippen molar-refractivity contribution in [3.8, 4) is 0 Å². The van der Waals surface area contributed by atoms with E-state index in [1.54, 1.807) is 12.1 Å². The first-order valence-corrected chi connectivity index (χ1v) is 7.28. The monoisotopic (exact) mass is 267 g/mol. The van der Waals surface area contributed by atoms with Gasteiger partial charge in [0.15, 0.2) is 11.6 Å². The number of hydrogen-bond donors (Lipinski definition) is 1. The zero-order valence-electron chi connectivity index (χ0n) is 11.8. The van der Waals surface area contributed by atoms with E-state index in [1.165, 1.54) is 25.3 Å². The summed E-state index contributed by atoms with van der Waals surface area (Å²) in [5.41, 5.74) is 0.491. The Labute approximate surface area is 114 Å². The van der Waals surface area contributed by atoms with Gasteiger partial charge in [0.05, 0.1) is 0 Å². The topological polar surface area (TPSA) is 12.0 Å². The van der Waals surface area contributed by atoms with Gasteiger partial charge in [0.2, 0.25) is 0 Å². The molecule has 0 heterocycles. The Kier molecular flexibility index (Phi) is 4.92. The highest BCUT2D eigenvalue weighted by Gasteiger charge is 2.29. The summed E-state index contributed by atoms with van der Waals surface area (Å²) < 4.78 is 27.0. The van der Waals surface area contributed by atoms with Crippen LogP contribution < -0.4 is 5.32 Å². The molecule has 1 N–H and O–H groups in total. The Hall–Kier alpha value is -0.960. The normalized spacial score (nSPS) is 24.6. The maximum atomic E-state index is 13.8. The number of likely N-dealkylation sites (N-methyl/N-ethyl adjacent to an activating group) is 1. The van der Waals surface area contributed by atoms with E-state index < -0.39 is 11.6 Å². The van der Waals surface area contributed by atoms with Crippen LogP contribution in [-0.4, -0.2) is 12.6 Å². The SMILES string of the molecule is CCNC(Cc1cccc(F)c1F)C1CCC(C)C1. The Morgan fingerprint density at radius 1 is 1.32 bits per heavy atom. The minimum atomic E-state index is -0.743. The molecular weight excluding hydrogens is 244 g/mol. The van der Waals surface area contributed by atoms with Gasteiger partial charge < -0.3 is 5.32 Å². The van der Waals surface area contributed by atoms with Gasteiger partial charge in [-0.1, -0.05) is 32.4 Å². The van der Waals surface area contributed by atoms with Crippen molar-refractivity contribution in [2.45, 2.75) is 45.6 Å². The molecule has 0 saturated heterocycles. The Balaban J connectivity index is 2.09. The molecule has 0 bridgehead atoms. The van der Waals surface area contributed by atoms with Crippen LogP contribution in [0.3, 0.4) is 0 Å². The second kappa shape index (κ2) is 6.47. The first-order valence-electron chi connectivity index (χ1n) is 7.28. The van der Waals surface area contributed by atoms with E-state index in [9.17, 15) is 8.78 Å². The molecule has 1 aliphatic carbocycles. The molecule has 1 aromatic carbocycles. The van der Waals surface area contributed by atoms with Crippen LogP contribution in [0.25, 0.3) is 0 Å². The summed E-state index contributed by atoms with van der Waals surface area (Å²) in [4.78, 5) is 0. The quantitative estimate of drug-likeness (QED) is 0.852. The number of hydrogen-bond acceptors (Lipinski definition) is 1. The van der Waals surface area contributed by atoms with Crippen molar-refractivity contribution in [2.75, 3.05) is 6.54 Å². The molecule has 19 heavy (non-hydrogen) atoms. The fourth-order valence-corrected chi connectivity index (χ4v) is 3.23. The van der Waals surface area contributed by atoms with E-state index in [0.29, 0.717) is 17.9 Å². The molecule has 0 spiro atoms. The van der Waals surface area contributed by atoms with Crippen LogP contribution in [0.15, 0.2) is 18.2 Å². The van der Waals surface area contributed by atoms with Crippen molar-refractivity contribution in [2.24, 2.45) is 11.8 Å². The molecule has 3 heteroatoms. The van der Waals surface area contributed by atoms with Crippen LogP contribution in [-0.2, 0) is 6.42 Å². The minimum Gasteiger partial charge on any atom is -0.314 e. The van der Waals surface area contributed by atoms with Crippen molar-refractivity contribution >= 4 is 0 Å². The molecule has 3 atom stereocenters. The number of nitrogens with one attached hydrogen (secondary N) is 1. The van der Waals surface area contributed by atoms with Crippen LogP contribution >= 0.6 is 0 Å². The summed E-state index contributed by atoms with van der Waals surface area (Å²) in [6.07, 6.45) is 4.21. The van der Waals surface area contributed by atoms with Crippen molar-refractivity contribution in [3.63, 3.8) is 0 Å². The van der Waals surface area contributed by atoms with E-state index in [-0.39, 0.29) is 6.04 Å². The molecule has 106 valence electrons. The average molecular weight is 267 g/mol. The van der Waals surface area contributed by atoms with Gasteiger partial charge in [-0.25, -0.2) is 8.78 Å². The highest BCUT2D eigenvalue weighted by molar-refractivity contribution is 5.20. The number of benzene rings is 1. The van der Waals surface area contributed by atoms with Gasteiger partial charge in [0.1, 0.15) is 0 Å². The summed E-state index contributed by atoms with van der Waals surface area (Å²) in [5.74, 6) is -0.0925. The summed E-state index contributed by atoms with van der Waals surface area (Å²) in [6.45, 7) is 5.20. The smallest absolute Gasteiger partial charge is 0.162 e. The Morgan fingerprint density at radius 2 is 2.11 bits per heavy atom. The summed E-state index contributed by atoms with van der Waals surface area (Å²) in [5, 5.41) is 3.45. The molecule has 0 aliphatic heterocycles. The standard InChI is InChI=1S/C16H23F2N/c1-3-19-15(12-8-7-11(2)9-12)10-13-5-4-6-14(17)16(13)18/h4-6,11-12,15,19H,3,7-10H2,1-2H3. The minimum absolute atomic E-state index is 0.256. The lowest BCUT2D eigenvalue weighted by molar-refractivity contribution is 0.349. The zero-order chi connectivity index (χ0) is 13.8. The number of rotatable bonds is 5. The third-order valence-corrected chi connectivity index (χ3v) is 4.24. The van der Waals surface area contributed by atoms with Gasteiger partial charge >= 0.3 is 0 Å². The predicted octanol–water partition coefficient (Wildman–Crippen LogP) is 3.92. The highest BCUT2D eigenvalue weighted by atomic mass is 19.2. The second-order valence-electron chi connectivity index (χ2n) is 5.76. The van der Waals surface area contributed by atoms with Crippen molar-refractivity contribution < 1.29 is 8.78 Å². The summed E-state index contributed by atoms with van der Waals surface area (Å²) in [7, 11) is 0. The molecule has 0 aromatic heterocycles. The molecule has 1 saturated carbocycles. The molecular formula is C16H23F2N. The largest absolute Gasteiger partial charge is 0.314 e. The molecule has 0 amide bonds. The van der Waals surface area contributed by atoms with Gasteiger partial charge in [-0.15, -0.1) is 0 Å². The molecule has 1 nitrogen and oxygen atoms in total. The van der Waals surface area contributed by atoms with E-state index in [4.69, 9.17) is 0 Å². The maximum Gasteiger partial charge on any atom is 0.162 e. The van der Waals surface area contributed by atoms with Crippen molar-refractivity contribution in [1.29, 1.82) is 0 Å². The highest BCUT2D eigenvalue weighted by Crippen LogP contribution is 2.34. The Morgan fingerprint density at radius 3 is 2.74 bits per heavy atom.